The van der Waals surface area contributed by atoms with Crippen LogP contribution in [0.25, 0.3) is 6.08 Å². The minimum Gasteiger partial charge on any atom is -0.372 e. The van der Waals surface area contributed by atoms with E-state index in [9.17, 15) is 0 Å². The maximum Gasteiger partial charge on any atom is 0.1000 e. The molecule has 0 N–H and O–H groups in total. The van der Waals surface area contributed by atoms with E-state index in [1.54, 1.807) is 0 Å². The first-order valence-electron chi connectivity index (χ1n) is 7.15. The van der Waals surface area contributed by atoms with Gasteiger partial charge in [-0.2, -0.15) is 0 Å². The van der Waals surface area contributed by atoms with Crippen LogP contribution in [0.1, 0.15) is 17.2 Å². The van der Waals surface area contributed by atoms with Gasteiger partial charge in [0.05, 0.1) is 12.7 Å². The standard InChI is InChI=1S/C18H18ClNO/c19-17-8-6-16(7-9-17)18-14-20(12-13-21-18)11-10-15-4-2-1-3-5-15/h1-11,18H,12-14H2/t18-/m0/s1. The van der Waals surface area contributed by atoms with E-state index in [1.165, 1.54) is 11.1 Å². The lowest BCUT2D eigenvalue weighted by Crippen LogP contribution is -2.34. The van der Waals surface area contributed by atoms with Crippen molar-refractivity contribution in [3.8, 4) is 0 Å². The average molecular weight is 300 g/mol. The van der Waals surface area contributed by atoms with Crippen LogP contribution in [0.2, 0.25) is 5.02 Å². The summed E-state index contributed by atoms with van der Waals surface area (Å²) in [6.07, 6.45) is 4.40. The fraction of sp³-hybridized carbons (Fsp3) is 0.222. The Hall–Kier alpha value is -1.77. The van der Waals surface area contributed by atoms with Gasteiger partial charge in [-0.1, -0.05) is 54.1 Å². The number of hydrogen-bond donors (Lipinski definition) is 0. The summed E-state index contributed by atoms with van der Waals surface area (Å²) in [6.45, 7) is 2.53. The second-order valence-corrected chi connectivity index (χ2v) is 5.57. The summed E-state index contributed by atoms with van der Waals surface area (Å²) in [5.41, 5.74) is 2.39. The normalized spacial score (nSPS) is 19.1. The molecule has 0 aliphatic carbocycles. The van der Waals surface area contributed by atoms with Crippen molar-refractivity contribution in [3.05, 3.63) is 76.9 Å². The van der Waals surface area contributed by atoms with Crippen molar-refractivity contribution in [2.45, 2.75) is 6.10 Å². The number of halogens is 1. The van der Waals surface area contributed by atoms with Crippen LogP contribution in [-0.2, 0) is 4.74 Å². The molecule has 1 atom stereocenters. The van der Waals surface area contributed by atoms with E-state index < -0.39 is 0 Å². The van der Waals surface area contributed by atoms with Crippen LogP contribution >= 0.6 is 11.6 Å². The molecule has 1 fully saturated rings. The molecule has 1 heterocycles. The molecule has 3 rings (SSSR count). The molecule has 1 aliphatic heterocycles. The Morgan fingerprint density at radius 3 is 2.57 bits per heavy atom. The van der Waals surface area contributed by atoms with Gasteiger partial charge in [-0.05, 0) is 35.5 Å². The number of ether oxygens (including phenoxy) is 1. The topological polar surface area (TPSA) is 12.5 Å². The highest BCUT2D eigenvalue weighted by Crippen LogP contribution is 2.24. The quantitative estimate of drug-likeness (QED) is 0.834. The molecule has 1 saturated heterocycles. The molecule has 21 heavy (non-hydrogen) atoms. The van der Waals surface area contributed by atoms with Crippen molar-refractivity contribution in [1.29, 1.82) is 0 Å². The van der Waals surface area contributed by atoms with Crippen molar-refractivity contribution >= 4 is 17.7 Å². The second-order valence-electron chi connectivity index (χ2n) is 5.13. The van der Waals surface area contributed by atoms with Gasteiger partial charge in [-0.15, -0.1) is 0 Å². The number of hydrogen-bond acceptors (Lipinski definition) is 2. The predicted molar refractivity (Wildman–Crippen MR) is 87.2 cm³/mol. The number of nitrogens with zero attached hydrogens (tertiary/aromatic N) is 1. The first-order chi connectivity index (χ1) is 10.3. The average Bonchev–Trinajstić information content (AvgIpc) is 2.55. The highest BCUT2D eigenvalue weighted by atomic mass is 35.5. The summed E-state index contributed by atoms with van der Waals surface area (Å²) in [4.78, 5) is 2.30. The second kappa shape index (κ2) is 6.79. The minimum atomic E-state index is 0.108. The van der Waals surface area contributed by atoms with Crippen LogP contribution in [0.4, 0.5) is 0 Å². The fourth-order valence-corrected chi connectivity index (χ4v) is 2.57. The van der Waals surface area contributed by atoms with Crippen LogP contribution in [0.5, 0.6) is 0 Å². The minimum absolute atomic E-state index is 0.108. The van der Waals surface area contributed by atoms with Crippen LogP contribution in [0.15, 0.2) is 60.8 Å². The van der Waals surface area contributed by atoms with E-state index in [2.05, 4.69) is 41.4 Å². The molecule has 0 unspecified atom stereocenters. The maximum absolute atomic E-state index is 5.93. The van der Waals surface area contributed by atoms with Gasteiger partial charge >= 0.3 is 0 Å². The first kappa shape index (κ1) is 14.2. The lowest BCUT2D eigenvalue weighted by Gasteiger charge is -2.32. The molecule has 0 aromatic heterocycles. The zero-order valence-corrected chi connectivity index (χ0v) is 12.5. The van der Waals surface area contributed by atoms with E-state index in [0.717, 1.165) is 24.7 Å². The molecule has 0 bridgehead atoms. The lowest BCUT2D eigenvalue weighted by molar-refractivity contribution is -0.0135. The monoisotopic (exact) mass is 299 g/mol. The van der Waals surface area contributed by atoms with Gasteiger partial charge in [0, 0.05) is 18.1 Å². The Balaban J connectivity index is 1.66. The number of rotatable bonds is 3. The van der Waals surface area contributed by atoms with Crippen LogP contribution in [-0.4, -0.2) is 24.6 Å². The van der Waals surface area contributed by atoms with Gasteiger partial charge in [0.2, 0.25) is 0 Å². The van der Waals surface area contributed by atoms with Gasteiger partial charge in [0.1, 0.15) is 0 Å². The van der Waals surface area contributed by atoms with Gasteiger partial charge in [-0.25, -0.2) is 0 Å². The van der Waals surface area contributed by atoms with E-state index in [1.807, 2.05) is 30.3 Å². The van der Waals surface area contributed by atoms with Crippen molar-refractivity contribution in [2.24, 2.45) is 0 Å². The third-order valence-electron chi connectivity index (χ3n) is 3.62. The number of benzene rings is 2. The fourth-order valence-electron chi connectivity index (χ4n) is 2.44. The Bertz CT molecular complexity index is 594. The molecule has 3 heteroatoms. The van der Waals surface area contributed by atoms with Gasteiger partial charge < -0.3 is 9.64 Å². The Morgan fingerprint density at radius 2 is 1.81 bits per heavy atom. The molecule has 0 radical (unpaired) electrons. The zero-order valence-electron chi connectivity index (χ0n) is 11.8. The summed E-state index contributed by atoms with van der Waals surface area (Å²) < 4.78 is 5.87. The summed E-state index contributed by atoms with van der Waals surface area (Å²) in [5, 5.41) is 0.760. The maximum atomic E-state index is 5.93. The smallest absolute Gasteiger partial charge is 0.1000 e. The van der Waals surface area contributed by atoms with Crippen LogP contribution < -0.4 is 0 Å². The van der Waals surface area contributed by atoms with E-state index in [4.69, 9.17) is 16.3 Å². The third kappa shape index (κ3) is 3.87. The largest absolute Gasteiger partial charge is 0.372 e. The Kier molecular flexibility index (Phi) is 4.59. The van der Waals surface area contributed by atoms with Crippen LogP contribution in [0, 0.1) is 0 Å². The molecule has 0 spiro atoms. The molecule has 108 valence electrons. The zero-order chi connectivity index (χ0) is 14.5. The molecule has 0 amide bonds. The van der Waals surface area contributed by atoms with Crippen molar-refractivity contribution in [1.82, 2.24) is 4.90 Å². The number of morpholine rings is 1. The van der Waals surface area contributed by atoms with Crippen molar-refractivity contribution < 1.29 is 4.74 Å². The summed E-state index contributed by atoms with van der Waals surface area (Å²) >= 11 is 5.93. The SMILES string of the molecule is Clc1ccc([C@@H]2CN(C=Cc3ccccc3)CCO2)cc1. The molecular formula is C18H18ClNO. The van der Waals surface area contributed by atoms with E-state index in [0.29, 0.717) is 0 Å². The van der Waals surface area contributed by atoms with Gasteiger partial charge in [0.25, 0.3) is 0 Å². The lowest BCUT2D eigenvalue weighted by atomic mass is 10.1. The Morgan fingerprint density at radius 1 is 1.05 bits per heavy atom. The van der Waals surface area contributed by atoms with Crippen molar-refractivity contribution in [3.63, 3.8) is 0 Å². The first-order valence-corrected chi connectivity index (χ1v) is 7.53. The van der Waals surface area contributed by atoms with E-state index >= 15 is 0 Å². The van der Waals surface area contributed by atoms with Gasteiger partial charge in [-0.3, -0.25) is 0 Å². The summed E-state index contributed by atoms with van der Waals surface area (Å²) in [6, 6.07) is 18.3. The molecule has 2 nitrogen and oxygen atoms in total. The van der Waals surface area contributed by atoms with Gasteiger partial charge in [0.15, 0.2) is 0 Å². The third-order valence-corrected chi connectivity index (χ3v) is 3.87. The predicted octanol–water partition coefficient (Wildman–Crippen LogP) is 4.38. The summed E-state index contributed by atoms with van der Waals surface area (Å²) in [5.74, 6) is 0. The Labute approximate surface area is 130 Å². The van der Waals surface area contributed by atoms with E-state index in [-0.39, 0.29) is 6.10 Å². The summed E-state index contributed by atoms with van der Waals surface area (Å²) in [7, 11) is 0. The highest BCUT2D eigenvalue weighted by molar-refractivity contribution is 6.30. The molecule has 2 aromatic rings. The van der Waals surface area contributed by atoms with Crippen LogP contribution in [0.3, 0.4) is 0 Å². The molecule has 0 saturated carbocycles. The molecular weight excluding hydrogens is 282 g/mol. The molecule has 1 aliphatic rings. The molecule has 2 aromatic carbocycles. The highest BCUT2D eigenvalue weighted by Gasteiger charge is 2.19. The van der Waals surface area contributed by atoms with Crippen molar-refractivity contribution in [2.75, 3.05) is 19.7 Å².